The summed E-state index contributed by atoms with van der Waals surface area (Å²) in [4.78, 5) is 4.51. The number of para-hydroxylation sites is 1. The molecule has 1 saturated heterocycles. The Balaban J connectivity index is 1.72. The van der Waals surface area contributed by atoms with Gasteiger partial charge in [0.15, 0.2) is 0 Å². The molecular formula is C18H15NO2. The minimum Gasteiger partial charge on any atom is -0.491 e. The van der Waals surface area contributed by atoms with E-state index in [1.54, 1.807) is 0 Å². The molecule has 1 fully saturated rings. The molecule has 2 aromatic carbocycles. The molecule has 1 aliphatic rings. The van der Waals surface area contributed by atoms with Gasteiger partial charge in [-0.2, -0.15) is 0 Å². The van der Waals surface area contributed by atoms with Gasteiger partial charge in [-0.1, -0.05) is 36.4 Å². The molecule has 21 heavy (non-hydrogen) atoms. The summed E-state index contributed by atoms with van der Waals surface area (Å²) in [6.07, 6.45) is 2.10. The van der Waals surface area contributed by atoms with Crippen LogP contribution < -0.4 is 4.74 Å². The molecule has 1 aromatic heterocycles. The van der Waals surface area contributed by atoms with Gasteiger partial charge in [-0.3, -0.25) is 4.98 Å². The van der Waals surface area contributed by atoms with E-state index in [2.05, 4.69) is 41.4 Å². The molecule has 0 aliphatic carbocycles. The fourth-order valence-corrected chi connectivity index (χ4v) is 2.44. The molecule has 3 heteroatoms. The van der Waals surface area contributed by atoms with Gasteiger partial charge in [-0.15, -0.1) is 0 Å². The average Bonchev–Trinajstić information content (AvgIpc) is 3.37. The smallest absolute Gasteiger partial charge is 0.120 e. The Kier molecular flexibility index (Phi) is 3.05. The number of hydrogen-bond donors (Lipinski definition) is 0. The Morgan fingerprint density at radius 3 is 2.86 bits per heavy atom. The zero-order valence-corrected chi connectivity index (χ0v) is 11.5. The summed E-state index contributed by atoms with van der Waals surface area (Å²) in [5.74, 6) is 0.871. The van der Waals surface area contributed by atoms with Gasteiger partial charge in [-0.05, 0) is 23.8 Å². The summed E-state index contributed by atoms with van der Waals surface area (Å²) < 4.78 is 10.9. The van der Waals surface area contributed by atoms with E-state index in [1.807, 2.05) is 24.4 Å². The molecule has 0 bridgehead atoms. The summed E-state index contributed by atoms with van der Waals surface area (Å²) in [6, 6.07) is 18.4. The summed E-state index contributed by atoms with van der Waals surface area (Å²) >= 11 is 0. The van der Waals surface area contributed by atoms with Crippen molar-refractivity contribution < 1.29 is 9.47 Å². The number of pyridine rings is 1. The fourth-order valence-electron chi connectivity index (χ4n) is 2.44. The van der Waals surface area contributed by atoms with E-state index in [0.29, 0.717) is 6.61 Å². The number of nitrogens with zero attached hydrogens (tertiary/aromatic N) is 1. The van der Waals surface area contributed by atoms with Crippen molar-refractivity contribution in [3.63, 3.8) is 0 Å². The number of epoxide rings is 1. The molecule has 3 aromatic rings. The van der Waals surface area contributed by atoms with Crippen LogP contribution in [0.1, 0.15) is 0 Å². The van der Waals surface area contributed by atoms with Gasteiger partial charge in [0.2, 0.25) is 0 Å². The maximum absolute atomic E-state index is 5.76. The zero-order valence-electron chi connectivity index (χ0n) is 11.5. The van der Waals surface area contributed by atoms with Crippen LogP contribution in [0.2, 0.25) is 0 Å². The molecule has 0 N–H and O–H groups in total. The minimum atomic E-state index is 0.271. The maximum atomic E-state index is 5.76. The van der Waals surface area contributed by atoms with Crippen LogP contribution >= 0.6 is 0 Å². The number of fused-ring (bicyclic) bond motifs is 1. The maximum Gasteiger partial charge on any atom is 0.120 e. The lowest BCUT2D eigenvalue weighted by molar-refractivity contribution is 0.263. The highest BCUT2D eigenvalue weighted by atomic mass is 16.6. The SMILES string of the molecule is c1cc(OC[C@H]2CO2)cc(-c2cccc3cccnc23)c1. The Morgan fingerprint density at radius 2 is 1.95 bits per heavy atom. The van der Waals surface area contributed by atoms with Crippen molar-refractivity contribution in [2.45, 2.75) is 6.10 Å². The highest BCUT2D eigenvalue weighted by molar-refractivity contribution is 5.93. The average molecular weight is 277 g/mol. The molecule has 2 heterocycles. The summed E-state index contributed by atoms with van der Waals surface area (Å²) in [6.45, 7) is 1.43. The van der Waals surface area contributed by atoms with E-state index < -0.39 is 0 Å². The molecule has 104 valence electrons. The Morgan fingerprint density at radius 1 is 1.10 bits per heavy atom. The van der Waals surface area contributed by atoms with Crippen molar-refractivity contribution in [3.05, 3.63) is 60.8 Å². The van der Waals surface area contributed by atoms with Gasteiger partial charge in [0.05, 0.1) is 12.1 Å². The third-order valence-corrected chi connectivity index (χ3v) is 3.62. The van der Waals surface area contributed by atoms with Gasteiger partial charge in [-0.25, -0.2) is 0 Å². The lowest BCUT2D eigenvalue weighted by atomic mass is 10.0. The molecule has 0 saturated carbocycles. The van der Waals surface area contributed by atoms with E-state index in [1.165, 1.54) is 0 Å². The summed E-state index contributed by atoms with van der Waals surface area (Å²) in [7, 11) is 0. The third kappa shape index (κ3) is 2.60. The number of ether oxygens (including phenoxy) is 2. The summed E-state index contributed by atoms with van der Waals surface area (Å²) in [5, 5.41) is 1.15. The number of rotatable bonds is 4. The standard InChI is InChI=1S/C18H15NO2/c1-5-14(10-15(7-1)20-11-16-12-21-16)17-8-2-4-13-6-3-9-19-18(13)17/h1-10,16H,11-12H2/t16-/m0/s1. The predicted octanol–water partition coefficient (Wildman–Crippen LogP) is 3.68. The second kappa shape index (κ2) is 5.19. The quantitative estimate of drug-likeness (QED) is 0.682. The van der Waals surface area contributed by atoms with Gasteiger partial charge < -0.3 is 9.47 Å². The first-order chi connectivity index (χ1) is 10.4. The zero-order chi connectivity index (χ0) is 14.1. The van der Waals surface area contributed by atoms with Crippen molar-refractivity contribution in [1.82, 2.24) is 4.98 Å². The third-order valence-electron chi connectivity index (χ3n) is 3.62. The largest absolute Gasteiger partial charge is 0.491 e. The summed E-state index contributed by atoms with van der Waals surface area (Å²) in [5.41, 5.74) is 3.26. The van der Waals surface area contributed by atoms with Crippen LogP contribution in [0, 0.1) is 0 Å². The lowest BCUT2D eigenvalue weighted by Gasteiger charge is -2.09. The number of aromatic nitrogens is 1. The fraction of sp³-hybridized carbons (Fsp3) is 0.167. The number of hydrogen-bond acceptors (Lipinski definition) is 3. The van der Waals surface area contributed by atoms with Crippen molar-refractivity contribution in [2.24, 2.45) is 0 Å². The molecule has 1 atom stereocenters. The Hall–Kier alpha value is -2.39. The Labute approximate surface area is 123 Å². The van der Waals surface area contributed by atoms with Crippen molar-refractivity contribution in [3.8, 4) is 16.9 Å². The van der Waals surface area contributed by atoms with Crippen LogP contribution in [0.3, 0.4) is 0 Å². The molecule has 4 rings (SSSR count). The van der Waals surface area contributed by atoms with E-state index in [4.69, 9.17) is 9.47 Å². The highest BCUT2D eigenvalue weighted by Crippen LogP contribution is 2.29. The first-order valence-corrected chi connectivity index (χ1v) is 7.09. The molecule has 1 aliphatic heterocycles. The highest BCUT2D eigenvalue weighted by Gasteiger charge is 2.23. The molecule has 3 nitrogen and oxygen atoms in total. The molecule has 0 unspecified atom stereocenters. The van der Waals surface area contributed by atoms with Gasteiger partial charge >= 0.3 is 0 Å². The molecule has 0 amide bonds. The minimum absolute atomic E-state index is 0.271. The van der Waals surface area contributed by atoms with E-state index in [9.17, 15) is 0 Å². The van der Waals surface area contributed by atoms with Crippen LogP contribution in [0.25, 0.3) is 22.0 Å². The topological polar surface area (TPSA) is 34.6 Å². The van der Waals surface area contributed by atoms with Gasteiger partial charge in [0, 0.05) is 17.1 Å². The van der Waals surface area contributed by atoms with Crippen LogP contribution in [-0.2, 0) is 4.74 Å². The molecule has 0 spiro atoms. The lowest BCUT2D eigenvalue weighted by Crippen LogP contribution is -2.03. The first-order valence-electron chi connectivity index (χ1n) is 7.09. The van der Waals surface area contributed by atoms with Crippen LogP contribution in [-0.4, -0.2) is 24.3 Å². The number of benzene rings is 2. The molecular weight excluding hydrogens is 262 g/mol. The second-order valence-corrected chi connectivity index (χ2v) is 5.17. The van der Waals surface area contributed by atoms with Crippen molar-refractivity contribution in [2.75, 3.05) is 13.2 Å². The van der Waals surface area contributed by atoms with Crippen LogP contribution in [0.15, 0.2) is 60.8 Å². The van der Waals surface area contributed by atoms with E-state index in [0.717, 1.165) is 34.4 Å². The predicted molar refractivity (Wildman–Crippen MR) is 82.4 cm³/mol. The monoisotopic (exact) mass is 277 g/mol. The first kappa shape index (κ1) is 12.4. The van der Waals surface area contributed by atoms with Crippen molar-refractivity contribution >= 4 is 10.9 Å². The second-order valence-electron chi connectivity index (χ2n) is 5.17. The van der Waals surface area contributed by atoms with Crippen LogP contribution in [0.5, 0.6) is 5.75 Å². The Bertz CT molecular complexity index is 776. The van der Waals surface area contributed by atoms with Crippen molar-refractivity contribution in [1.29, 1.82) is 0 Å². The molecule has 0 radical (unpaired) electrons. The normalized spacial score (nSPS) is 16.9. The van der Waals surface area contributed by atoms with E-state index in [-0.39, 0.29) is 6.10 Å². The van der Waals surface area contributed by atoms with E-state index >= 15 is 0 Å². The van der Waals surface area contributed by atoms with Gasteiger partial charge in [0.1, 0.15) is 18.5 Å². The van der Waals surface area contributed by atoms with Gasteiger partial charge in [0.25, 0.3) is 0 Å². The van der Waals surface area contributed by atoms with Crippen LogP contribution in [0.4, 0.5) is 0 Å².